The van der Waals surface area contributed by atoms with Crippen LogP contribution in [0.5, 0.6) is 0 Å². The Balaban J connectivity index is 2.23. The van der Waals surface area contributed by atoms with Gasteiger partial charge in [0.1, 0.15) is 0 Å². The number of hydrogen-bond acceptors (Lipinski definition) is 6. The highest BCUT2D eigenvalue weighted by molar-refractivity contribution is 7.98. The number of aliphatic hydroxyl groups excluding tert-OH is 1. The van der Waals surface area contributed by atoms with Gasteiger partial charge in [-0.2, -0.15) is 16.7 Å². The number of aromatic nitrogens is 2. The first kappa shape index (κ1) is 13.5. The molecular formula is C10H18N2O3S. The molecule has 16 heavy (non-hydrogen) atoms. The normalized spacial score (nSPS) is 12.9. The summed E-state index contributed by atoms with van der Waals surface area (Å²) in [5, 5.41) is 12.7. The van der Waals surface area contributed by atoms with Crippen LogP contribution in [0.4, 0.5) is 0 Å². The van der Waals surface area contributed by atoms with Gasteiger partial charge in [0.25, 0.3) is 0 Å². The van der Waals surface area contributed by atoms with E-state index in [1.165, 1.54) is 0 Å². The summed E-state index contributed by atoms with van der Waals surface area (Å²) < 4.78 is 10.0. The minimum Gasteiger partial charge on any atom is -0.396 e. The van der Waals surface area contributed by atoms with Crippen LogP contribution >= 0.6 is 11.8 Å². The zero-order chi connectivity index (χ0) is 11.8. The molecule has 5 nitrogen and oxygen atoms in total. The Hall–Kier alpha value is -0.590. The molecule has 0 amide bonds. The molecular weight excluding hydrogens is 228 g/mol. The van der Waals surface area contributed by atoms with Gasteiger partial charge in [-0.05, 0) is 11.7 Å². The Morgan fingerprint density at radius 1 is 1.56 bits per heavy atom. The van der Waals surface area contributed by atoms with Gasteiger partial charge >= 0.3 is 0 Å². The van der Waals surface area contributed by atoms with E-state index in [0.29, 0.717) is 36.4 Å². The monoisotopic (exact) mass is 246 g/mol. The number of aliphatic hydroxyl groups is 1. The highest BCUT2D eigenvalue weighted by Crippen LogP contribution is 2.14. The standard InChI is InChI=1S/C10H18N2O3S/c1-8(5-13)6-16-7-10-11-9(12-15-10)3-4-14-2/h8,13H,3-7H2,1-2H3. The average Bonchev–Trinajstić information content (AvgIpc) is 2.74. The molecule has 0 saturated carbocycles. The Bertz CT molecular complexity index is 293. The summed E-state index contributed by atoms with van der Waals surface area (Å²) in [6.45, 7) is 2.83. The lowest BCUT2D eigenvalue weighted by Crippen LogP contribution is -2.03. The summed E-state index contributed by atoms with van der Waals surface area (Å²) >= 11 is 1.69. The smallest absolute Gasteiger partial charge is 0.236 e. The lowest BCUT2D eigenvalue weighted by Gasteiger charge is -2.04. The van der Waals surface area contributed by atoms with Crippen LogP contribution in [-0.2, 0) is 16.9 Å². The molecule has 1 heterocycles. The Kier molecular flexibility index (Phi) is 6.44. The largest absolute Gasteiger partial charge is 0.396 e. The van der Waals surface area contributed by atoms with Gasteiger partial charge < -0.3 is 14.4 Å². The second kappa shape index (κ2) is 7.65. The van der Waals surface area contributed by atoms with Crippen molar-refractivity contribution in [3.63, 3.8) is 0 Å². The van der Waals surface area contributed by atoms with E-state index < -0.39 is 0 Å². The lowest BCUT2D eigenvalue weighted by atomic mass is 10.2. The third-order valence-electron chi connectivity index (χ3n) is 1.98. The number of hydrogen-bond donors (Lipinski definition) is 1. The summed E-state index contributed by atoms with van der Waals surface area (Å²) in [4.78, 5) is 4.23. The fourth-order valence-corrected chi connectivity index (χ4v) is 1.96. The first-order valence-electron chi connectivity index (χ1n) is 5.25. The average molecular weight is 246 g/mol. The first-order chi connectivity index (χ1) is 7.76. The fourth-order valence-electron chi connectivity index (χ4n) is 1.04. The first-order valence-corrected chi connectivity index (χ1v) is 6.40. The number of thioether (sulfide) groups is 1. The van der Waals surface area contributed by atoms with E-state index in [1.54, 1.807) is 18.9 Å². The van der Waals surface area contributed by atoms with Crippen molar-refractivity contribution >= 4 is 11.8 Å². The molecule has 1 atom stereocenters. The van der Waals surface area contributed by atoms with Gasteiger partial charge in [-0.25, -0.2) is 0 Å². The summed E-state index contributed by atoms with van der Waals surface area (Å²) in [5.74, 6) is 3.23. The van der Waals surface area contributed by atoms with Crippen LogP contribution in [0.3, 0.4) is 0 Å². The van der Waals surface area contributed by atoms with E-state index in [1.807, 2.05) is 6.92 Å². The molecule has 0 saturated heterocycles. The topological polar surface area (TPSA) is 68.4 Å². The van der Waals surface area contributed by atoms with E-state index >= 15 is 0 Å². The highest BCUT2D eigenvalue weighted by atomic mass is 32.2. The summed E-state index contributed by atoms with van der Waals surface area (Å²) in [6.07, 6.45) is 0.678. The van der Waals surface area contributed by atoms with Crippen molar-refractivity contribution in [1.82, 2.24) is 10.1 Å². The molecule has 0 aliphatic rings. The van der Waals surface area contributed by atoms with Gasteiger partial charge in [-0.3, -0.25) is 0 Å². The summed E-state index contributed by atoms with van der Waals surface area (Å²) in [7, 11) is 1.65. The van der Waals surface area contributed by atoms with Crippen LogP contribution in [0.2, 0.25) is 0 Å². The van der Waals surface area contributed by atoms with E-state index in [9.17, 15) is 0 Å². The molecule has 1 aromatic rings. The van der Waals surface area contributed by atoms with Crippen molar-refractivity contribution in [3.05, 3.63) is 11.7 Å². The van der Waals surface area contributed by atoms with Crippen molar-refractivity contribution in [2.75, 3.05) is 26.1 Å². The molecule has 1 rings (SSSR count). The molecule has 0 aliphatic carbocycles. The van der Waals surface area contributed by atoms with Crippen LogP contribution in [0, 0.1) is 5.92 Å². The highest BCUT2D eigenvalue weighted by Gasteiger charge is 2.07. The van der Waals surface area contributed by atoms with E-state index in [0.717, 1.165) is 5.75 Å². The molecule has 92 valence electrons. The predicted octanol–water partition coefficient (Wildman–Crippen LogP) is 1.12. The van der Waals surface area contributed by atoms with Gasteiger partial charge in [0.2, 0.25) is 5.89 Å². The number of rotatable bonds is 8. The maximum absolute atomic E-state index is 8.85. The zero-order valence-electron chi connectivity index (χ0n) is 9.68. The number of ether oxygens (including phenoxy) is 1. The Morgan fingerprint density at radius 3 is 3.06 bits per heavy atom. The summed E-state index contributed by atoms with van der Waals surface area (Å²) in [5.41, 5.74) is 0. The van der Waals surface area contributed by atoms with Crippen LogP contribution in [0.1, 0.15) is 18.6 Å². The molecule has 1 unspecified atom stereocenters. The fraction of sp³-hybridized carbons (Fsp3) is 0.800. The van der Waals surface area contributed by atoms with Crippen molar-refractivity contribution in [2.45, 2.75) is 19.1 Å². The molecule has 1 aromatic heterocycles. The second-order valence-corrected chi connectivity index (χ2v) is 4.68. The maximum Gasteiger partial charge on any atom is 0.236 e. The molecule has 0 radical (unpaired) electrons. The van der Waals surface area contributed by atoms with Gasteiger partial charge in [0, 0.05) is 20.1 Å². The van der Waals surface area contributed by atoms with E-state index in [2.05, 4.69) is 10.1 Å². The third-order valence-corrected chi connectivity index (χ3v) is 3.24. The zero-order valence-corrected chi connectivity index (χ0v) is 10.5. The van der Waals surface area contributed by atoms with Crippen LogP contribution in [0.25, 0.3) is 0 Å². The summed E-state index contributed by atoms with van der Waals surface area (Å²) in [6, 6.07) is 0. The van der Waals surface area contributed by atoms with Gasteiger partial charge in [0.05, 0.1) is 12.4 Å². The van der Waals surface area contributed by atoms with Crippen LogP contribution < -0.4 is 0 Å². The van der Waals surface area contributed by atoms with Gasteiger partial charge in [-0.1, -0.05) is 12.1 Å². The number of methoxy groups -OCH3 is 1. The SMILES string of the molecule is COCCc1noc(CSCC(C)CO)n1. The third kappa shape index (κ3) is 4.96. The molecule has 0 spiro atoms. The molecule has 0 aliphatic heterocycles. The molecule has 0 aromatic carbocycles. The lowest BCUT2D eigenvalue weighted by molar-refractivity contribution is 0.199. The Labute approximate surface area is 99.6 Å². The van der Waals surface area contributed by atoms with E-state index in [4.69, 9.17) is 14.4 Å². The number of nitrogens with zero attached hydrogens (tertiary/aromatic N) is 2. The van der Waals surface area contributed by atoms with E-state index in [-0.39, 0.29) is 6.61 Å². The van der Waals surface area contributed by atoms with Gasteiger partial charge in [0.15, 0.2) is 5.82 Å². The quantitative estimate of drug-likeness (QED) is 0.741. The van der Waals surface area contributed by atoms with Crippen molar-refractivity contribution in [3.8, 4) is 0 Å². The molecule has 0 fully saturated rings. The molecule has 6 heteroatoms. The predicted molar refractivity (Wildman–Crippen MR) is 62.3 cm³/mol. The maximum atomic E-state index is 8.85. The van der Waals surface area contributed by atoms with Crippen molar-refractivity contribution in [2.24, 2.45) is 5.92 Å². The minimum atomic E-state index is 0.218. The minimum absolute atomic E-state index is 0.218. The second-order valence-electron chi connectivity index (χ2n) is 3.65. The van der Waals surface area contributed by atoms with Crippen molar-refractivity contribution in [1.29, 1.82) is 0 Å². The molecule has 1 N–H and O–H groups in total. The molecule has 0 bridgehead atoms. The van der Waals surface area contributed by atoms with Gasteiger partial charge in [-0.15, -0.1) is 0 Å². The van der Waals surface area contributed by atoms with Crippen LogP contribution in [0.15, 0.2) is 4.52 Å². The Morgan fingerprint density at radius 2 is 2.38 bits per heavy atom. The van der Waals surface area contributed by atoms with Crippen molar-refractivity contribution < 1.29 is 14.4 Å². The van der Waals surface area contributed by atoms with Crippen LogP contribution in [-0.4, -0.2) is 41.3 Å².